The van der Waals surface area contributed by atoms with Crippen molar-refractivity contribution in [1.29, 1.82) is 5.26 Å². The van der Waals surface area contributed by atoms with Crippen LogP contribution in [0.5, 0.6) is 0 Å². The predicted octanol–water partition coefficient (Wildman–Crippen LogP) is 3.61. The molecule has 4 heteroatoms. The number of alkyl halides is 1. The molecular formula is C13H11Br2NO. The molecule has 17 heavy (non-hydrogen) atoms. The molecule has 0 N–H and O–H groups in total. The Morgan fingerprint density at radius 1 is 1.53 bits per heavy atom. The van der Waals surface area contributed by atoms with Crippen LogP contribution >= 0.6 is 31.9 Å². The van der Waals surface area contributed by atoms with Gasteiger partial charge in [0.05, 0.1) is 16.5 Å². The van der Waals surface area contributed by atoms with E-state index >= 15 is 0 Å². The Hall–Kier alpha value is -0.660. The molecule has 0 radical (unpaired) electrons. The first-order valence-electron chi connectivity index (χ1n) is 5.48. The van der Waals surface area contributed by atoms with E-state index < -0.39 is 0 Å². The Balaban J connectivity index is 2.12. The van der Waals surface area contributed by atoms with Crippen LogP contribution in [0.25, 0.3) is 0 Å². The number of hydrogen-bond donors (Lipinski definition) is 0. The second-order valence-corrected chi connectivity index (χ2v) is 6.28. The van der Waals surface area contributed by atoms with E-state index in [1.165, 1.54) is 0 Å². The smallest absolute Gasteiger partial charge is 0.149 e. The topological polar surface area (TPSA) is 40.9 Å². The Morgan fingerprint density at radius 2 is 2.24 bits per heavy atom. The van der Waals surface area contributed by atoms with Crippen LogP contribution in [0.3, 0.4) is 0 Å². The van der Waals surface area contributed by atoms with Gasteiger partial charge in [0.15, 0.2) is 0 Å². The van der Waals surface area contributed by atoms with Crippen LogP contribution in [0, 0.1) is 17.2 Å². The van der Waals surface area contributed by atoms with Gasteiger partial charge in [0.25, 0.3) is 0 Å². The van der Waals surface area contributed by atoms with E-state index in [0.29, 0.717) is 12.0 Å². The monoisotopic (exact) mass is 355 g/mol. The standard InChI is InChI=1S/C13H11Br2NO/c14-11-4-3-9(10(5-11)7-16)6-12(15)13(17)8-1-2-8/h3-5,8,12H,1-2,6H2. The molecular weight excluding hydrogens is 346 g/mol. The van der Waals surface area contributed by atoms with Crippen molar-refractivity contribution in [3.63, 3.8) is 0 Å². The summed E-state index contributed by atoms with van der Waals surface area (Å²) in [5.41, 5.74) is 1.55. The lowest BCUT2D eigenvalue weighted by Gasteiger charge is -2.09. The summed E-state index contributed by atoms with van der Waals surface area (Å²) in [6, 6.07) is 7.75. The van der Waals surface area contributed by atoms with E-state index in [1.807, 2.05) is 12.1 Å². The number of Topliss-reactive ketones (excluding diaryl/α,β-unsaturated/α-hetero) is 1. The third-order valence-corrected chi connectivity index (χ3v) is 4.15. The average Bonchev–Trinajstić information content (AvgIpc) is 3.14. The lowest BCUT2D eigenvalue weighted by Crippen LogP contribution is -2.18. The minimum Gasteiger partial charge on any atom is -0.298 e. The van der Waals surface area contributed by atoms with E-state index in [2.05, 4.69) is 37.9 Å². The maximum Gasteiger partial charge on any atom is 0.149 e. The summed E-state index contributed by atoms with van der Waals surface area (Å²) >= 11 is 6.77. The van der Waals surface area contributed by atoms with Crippen LogP contribution < -0.4 is 0 Å². The molecule has 1 aromatic rings. The van der Waals surface area contributed by atoms with Crippen LogP contribution in [0.15, 0.2) is 22.7 Å². The van der Waals surface area contributed by atoms with Gasteiger partial charge in [-0.05, 0) is 37.0 Å². The van der Waals surface area contributed by atoms with E-state index in [4.69, 9.17) is 5.26 Å². The lowest BCUT2D eigenvalue weighted by molar-refractivity contribution is -0.119. The number of halogens is 2. The highest BCUT2D eigenvalue weighted by molar-refractivity contribution is 9.10. The zero-order valence-corrected chi connectivity index (χ0v) is 12.3. The van der Waals surface area contributed by atoms with E-state index in [9.17, 15) is 4.79 Å². The van der Waals surface area contributed by atoms with Crippen molar-refractivity contribution in [2.45, 2.75) is 24.1 Å². The number of nitrogens with zero attached hydrogens (tertiary/aromatic N) is 1. The highest BCUT2D eigenvalue weighted by Gasteiger charge is 2.33. The summed E-state index contributed by atoms with van der Waals surface area (Å²) in [4.78, 5) is 11.7. The lowest BCUT2D eigenvalue weighted by atomic mass is 10.0. The fraction of sp³-hybridized carbons (Fsp3) is 0.385. The molecule has 1 unspecified atom stereocenters. The van der Waals surface area contributed by atoms with Crippen LogP contribution in [-0.2, 0) is 11.2 Å². The average molecular weight is 357 g/mol. The molecule has 0 bridgehead atoms. The number of benzene rings is 1. The molecule has 88 valence electrons. The molecule has 0 aromatic heterocycles. The van der Waals surface area contributed by atoms with Crippen LogP contribution in [-0.4, -0.2) is 10.6 Å². The normalized spacial score (nSPS) is 16.3. The van der Waals surface area contributed by atoms with Crippen molar-refractivity contribution in [3.05, 3.63) is 33.8 Å². The van der Waals surface area contributed by atoms with Crippen molar-refractivity contribution in [1.82, 2.24) is 0 Å². The summed E-state index contributed by atoms with van der Waals surface area (Å²) in [5, 5.41) is 9.04. The van der Waals surface area contributed by atoms with Crippen molar-refractivity contribution >= 4 is 37.6 Å². The van der Waals surface area contributed by atoms with Gasteiger partial charge in [-0.15, -0.1) is 0 Å². The second kappa shape index (κ2) is 5.32. The summed E-state index contributed by atoms with van der Waals surface area (Å²) in [6.45, 7) is 0. The van der Waals surface area contributed by atoms with Gasteiger partial charge < -0.3 is 0 Å². The Kier molecular flexibility index (Phi) is 4.01. The Bertz CT molecular complexity index is 489. The third-order valence-electron chi connectivity index (χ3n) is 2.88. The summed E-state index contributed by atoms with van der Waals surface area (Å²) in [5.74, 6) is 0.525. The number of carbonyl (C=O) groups excluding carboxylic acids is 1. The zero-order valence-electron chi connectivity index (χ0n) is 9.12. The zero-order chi connectivity index (χ0) is 12.4. The van der Waals surface area contributed by atoms with Crippen LogP contribution in [0.1, 0.15) is 24.0 Å². The number of ketones is 1. The van der Waals surface area contributed by atoms with E-state index in [0.717, 1.165) is 22.9 Å². The van der Waals surface area contributed by atoms with Crippen molar-refractivity contribution < 1.29 is 4.79 Å². The number of rotatable bonds is 4. The number of nitriles is 1. The Labute approximate surface area is 117 Å². The van der Waals surface area contributed by atoms with Crippen LogP contribution in [0.4, 0.5) is 0 Å². The highest BCUT2D eigenvalue weighted by atomic mass is 79.9. The molecule has 0 aliphatic heterocycles. The third kappa shape index (κ3) is 3.17. The molecule has 0 amide bonds. The maximum atomic E-state index is 11.8. The van der Waals surface area contributed by atoms with Crippen molar-refractivity contribution in [2.24, 2.45) is 5.92 Å². The molecule has 1 saturated carbocycles. The molecule has 1 atom stereocenters. The van der Waals surface area contributed by atoms with Gasteiger partial charge in [-0.25, -0.2) is 0 Å². The van der Waals surface area contributed by atoms with Crippen molar-refractivity contribution in [2.75, 3.05) is 0 Å². The van der Waals surface area contributed by atoms with Gasteiger partial charge in [0.2, 0.25) is 0 Å². The summed E-state index contributed by atoms with van der Waals surface area (Å²) in [7, 11) is 0. The van der Waals surface area contributed by atoms with Crippen LogP contribution in [0.2, 0.25) is 0 Å². The fourth-order valence-electron chi connectivity index (χ4n) is 1.75. The second-order valence-electron chi connectivity index (χ2n) is 4.26. The quantitative estimate of drug-likeness (QED) is 0.773. The van der Waals surface area contributed by atoms with Gasteiger partial charge in [0, 0.05) is 10.4 Å². The van der Waals surface area contributed by atoms with Gasteiger partial charge in [-0.3, -0.25) is 4.79 Å². The molecule has 1 aliphatic rings. The molecule has 2 rings (SSSR count). The number of carbonyl (C=O) groups is 1. The SMILES string of the molecule is N#Cc1cc(Br)ccc1CC(Br)C(=O)C1CC1. The first-order chi connectivity index (χ1) is 8.11. The van der Waals surface area contributed by atoms with Crippen molar-refractivity contribution in [3.8, 4) is 6.07 Å². The van der Waals surface area contributed by atoms with Gasteiger partial charge >= 0.3 is 0 Å². The molecule has 0 saturated heterocycles. The molecule has 2 nitrogen and oxygen atoms in total. The fourth-order valence-corrected chi connectivity index (χ4v) is 2.83. The molecule has 0 spiro atoms. The van der Waals surface area contributed by atoms with E-state index in [1.54, 1.807) is 6.07 Å². The van der Waals surface area contributed by atoms with E-state index in [-0.39, 0.29) is 16.5 Å². The Morgan fingerprint density at radius 3 is 2.82 bits per heavy atom. The minimum absolute atomic E-state index is 0.164. The first kappa shape index (κ1) is 12.8. The molecule has 1 aromatic carbocycles. The summed E-state index contributed by atoms with van der Waals surface area (Å²) < 4.78 is 0.887. The molecule has 0 heterocycles. The number of hydrogen-bond acceptors (Lipinski definition) is 2. The highest BCUT2D eigenvalue weighted by Crippen LogP contribution is 2.33. The predicted molar refractivity (Wildman–Crippen MR) is 73.0 cm³/mol. The molecule has 1 aliphatic carbocycles. The molecule has 1 fully saturated rings. The first-order valence-corrected chi connectivity index (χ1v) is 7.19. The van der Waals surface area contributed by atoms with Gasteiger partial charge in [-0.1, -0.05) is 37.9 Å². The van der Waals surface area contributed by atoms with Gasteiger partial charge in [-0.2, -0.15) is 5.26 Å². The maximum absolute atomic E-state index is 11.8. The summed E-state index contributed by atoms with van der Waals surface area (Å²) in [6.07, 6.45) is 2.63. The largest absolute Gasteiger partial charge is 0.298 e. The minimum atomic E-state index is -0.164. The van der Waals surface area contributed by atoms with Gasteiger partial charge in [0.1, 0.15) is 5.78 Å².